The standard InChI is InChI=1S/C26H24ClN3O2/c1-18-23(25(27)30(29-18)17-19-9-5-3-6-10-19)26(31)28-24(20-11-7-4-8-12-20)21-13-15-22(32-2)16-14-21/h3-16,24H,17H2,1-2H3,(H,28,31). The molecule has 32 heavy (non-hydrogen) atoms. The Labute approximate surface area is 192 Å². The van der Waals surface area contributed by atoms with Crippen LogP contribution >= 0.6 is 11.6 Å². The Hall–Kier alpha value is -3.57. The maximum Gasteiger partial charge on any atom is 0.257 e. The number of amides is 1. The van der Waals surface area contributed by atoms with Crippen LogP contribution in [0, 0.1) is 6.92 Å². The van der Waals surface area contributed by atoms with Gasteiger partial charge in [0.1, 0.15) is 10.9 Å². The van der Waals surface area contributed by atoms with E-state index in [-0.39, 0.29) is 11.9 Å². The molecule has 3 aromatic carbocycles. The van der Waals surface area contributed by atoms with E-state index in [1.807, 2.05) is 84.9 Å². The van der Waals surface area contributed by atoms with Crippen molar-refractivity contribution < 1.29 is 9.53 Å². The fraction of sp³-hybridized carbons (Fsp3) is 0.154. The first-order chi connectivity index (χ1) is 15.6. The molecule has 0 aliphatic rings. The van der Waals surface area contributed by atoms with Crippen molar-refractivity contribution in [2.45, 2.75) is 19.5 Å². The number of carbonyl (C=O) groups excluding carboxylic acids is 1. The maximum absolute atomic E-state index is 13.4. The van der Waals surface area contributed by atoms with Crippen LogP contribution in [0.1, 0.15) is 38.8 Å². The molecule has 0 saturated heterocycles. The highest BCUT2D eigenvalue weighted by Gasteiger charge is 2.24. The van der Waals surface area contributed by atoms with E-state index in [1.54, 1.807) is 18.7 Å². The zero-order valence-corrected chi connectivity index (χ0v) is 18.7. The maximum atomic E-state index is 13.4. The molecule has 1 heterocycles. The van der Waals surface area contributed by atoms with Gasteiger partial charge in [-0.3, -0.25) is 4.79 Å². The number of hydrogen-bond acceptors (Lipinski definition) is 3. The van der Waals surface area contributed by atoms with Crippen LogP contribution in [0.2, 0.25) is 5.15 Å². The van der Waals surface area contributed by atoms with Crippen LogP contribution in [0.15, 0.2) is 84.9 Å². The highest BCUT2D eigenvalue weighted by atomic mass is 35.5. The summed E-state index contributed by atoms with van der Waals surface area (Å²) in [5.41, 5.74) is 3.94. The van der Waals surface area contributed by atoms with Crippen molar-refractivity contribution in [1.82, 2.24) is 15.1 Å². The molecule has 0 radical (unpaired) electrons. The second-order valence-electron chi connectivity index (χ2n) is 7.48. The fourth-order valence-electron chi connectivity index (χ4n) is 3.68. The van der Waals surface area contributed by atoms with E-state index in [2.05, 4.69) is 10.4 Å². The predicted molar refractivity (Wildman–Crippen MR) is 126 cm³/mol. The summed E-state index contributed by atoms with van der Waals surface area (Å²) in [6.07, 6.45) is 0. The minimum atomic E-state index is -0.345. The lowest BCUT2D eigenvalue weighted by Crippen LogP contribution is -2.29. The second kappa shape index (κ2) is 9.71. The first kappa shape index (κ1) is 21.7. The molecule has 0 aliphatic heterocycles. The van der Waals surface area contributed by atoms with E-state index in [0.717, 1.165) is 22.4 Å². The van der Waals surface area contributed by atoms with Crippen molar-refractivity contribution in [1.29, 1.82) is 0 Å². The zero-order valence-electron chi connectivity index (χ0n) is 18.0. The Morgan fingerprint density at radius 1 is 0.969 bits per heavy atom. The molecular formula is C26H24ClN3O2. The van der Waals surface area contributed by atoms with Crippen molar-refractivity contribution >= 4 is 17.5 Å². The lowest BCUT2D eigenvalue weighted by atomic mass is 9.98. The summed E-state index contributed by atoms with van der Waals surface area (Å²) in [6.45, 7) is 2.29. The molecule has 1 N–H and O–H groups in total. The van der Waals surface area contributed by atoms with Crippen molar-refractivity contribution in [3.8, 4) is 5.75 Å². The third-order valence-corrected chi connectivity index (χ3v) is 5.71. The van der Waals surface area contributed by atoms with Crippen LogP contribution < -0.4 is 10.1 Å². The second-order valence-corrected chi connectivity index (χ2v) is 7.84. The minimum absolute atomic E-state index is 0.267. The van der Waals surface area contributed by atoms with Crippen LogP contribution in [0.25, 0.3) is 0 Å². The van der Waals surface area contributed by atoms with E-state index < -0.39 is 0 Å². The number of carbonyl (C=O) groups is 1. The van der Waals surface area contributed by atoms with Gasteiger partial charge in [0, 0.05) is 0 Å². The quantitative estimate of drug-likeness (QED) is 0.413. The minimum Gasteiger partial charge on any atom is -0.497 e. The zero-order chi connectivity index (χ0) is 22.5. The Morgan fingerprint density at radius 3 is 2.19 bits per heavy atom. The smallest absolute Gasteiger partial charge is 0.257 e. The van der Waals surface area contributed by atoms with Crippen LogP contribution in [-0.2, 0) is 6.54 Å². The molecule has 0 saturated carbocycles. The topological polar surface area (TPSA) is 56.1 Å². The number of hydrogen-bond donors (Lipinski definition) is 1. The van der Waals surface area contributed by atoms with Crippen LogP contribution in [0.3, 0.4) is 0 Å². The lowest BCUT2D eigenvalue weighted by molar-refractivity contribution is 0.0942. The molecule has 1 amide bonds. The average molecular weight is 446 g/mol. The van der Waals surface area contributed by atoms with Crippen LogP contribution in [0.5, 0.6) is 5.75 Å². The third kappa shape index (κ3) is 4.68. The Balaban J connectivity index is 1.63. The number of methoxy groups -OCH3 is 1. The average Bonchev–Trinajstić information content (AvgIpc) is 3.11. The molecule has 1 atom stereocenters. The molecular weight excluding hydrogens is 422 g/mol. The molecule has 0 fully saturated rings. The first-order valence-electron chi connectivity index (χ1n) is 10.3. The number of ether oxygens (including phenoxy) is 1. The van der Waals surface area contributed by atoms with Crippen LogP contribution in [0.4, 0.5) is 0 Å². The van der Waals surface area contributed by atoms with Crippen LogP contribution in [-0.4, -0.2) is 22.8 Å². The monoisotopic (exact) mass is 445 g/mol. The summed E-state index contributed by atoms with van der Waals surface area (Å²) >= 11 is 6.61. The number of nitrogens with one attached hydrogen (secondary N) is 1. The van der Waals surface area contributed by atoms with Crippen molar-refractivity contribution in [2.75, 3.05) is 7.11 Å². The van der Waals surface area contributed by atoms with E-state index in [0.29, 0.717) is 23.0 Å². The van der Waals surface area contributed by atoms with Gasteiger partial charge < -0.3 is 10.1 Å². The Kier molecular flexibility index (Phi) is 6.57. The summed E-state index contributed by atoms with van der Waals surface area (Å²) < 4.78 is 6.93. The van der Waals surface area contributed by atoms with Gasteiger partial charge in [-0.15, -0.1) is 0 Å². The summed E-state index contributed by atoms with van der Waals surface area (Å²) in [6, 6.07) is 27.0. The number of rotatable bonds is 7. The first-order valence-corrected chi connectivity index (χ1v) is 10.7. The van der Waals surface area contributed by atoms with Gasteiger partial charge in [0.15, 0.2) is 0 Å². The van der Waals surface area contributed by atoms with Gasteiger partial charge in [-0.25, -0.2) is 4.68 Å². The van der Waals surface area contributed by atoms with Gasteiger partial charge in [-0.2, -0.15) is 5.10 Å². The Morgan fingerprint density at radius 2 is 1.56 bits per heavy atom. The van der Waals surface area contributed by atoms with E-state index in [1.165, 1.54) is 0 Å². The molecule has 0 aliphatic carbocycles. The van der Waals surface area contributed by atoms with Gasteiger partial charge in [-0.05, 0) is 35.7 Å². The molecule has 5 nitrogen and oxygen atoms in total. The summed E-state index contributed by atoms with van der Waals surface area (Å²) in [4.78, 5) is 13.4. The van der Waals surface area contributed by atoms with Gasteiger partial charge in [-0.1, -0.05) is 84.4 Å². The number of benzene rings is 3. The SMILES string of the molecule is COc1ccc(C(NC(=O)c2c(C)nn(Cc3ccccc3)c2Cl)c2ccccc2)cc1. The van der Waals surface area contributed by atoms with Gasteiger partial charge in [0.05, 0.1) is 31.0 Å². The largest absolute Gasteiger partial charge is 0.497 e. The normalized spacial score (nSPS) is 11.7. The molecule has 0 bridgehead atoms. The Bertz CT molecular complexity index is 1190. The summed E-state index contributed by atoms with van der Waals surface area (Å²) in [5.74, 6) is 0.490. The number of aryl methyl sites for hydroxylation is 1. The van der Waals surface area contributed by atoms with E-state index in [4.69, 9.17) is 16.3 Å². The van der Waals surface area contributed by atoms with Gasteiger partial charge in [0.2, 0.25) is 0 Å². The molecule has 1 aromatic heterocycles. The van der Waals surface area contributed by atoms with E-state index >= 15 is 0 Å². The third-order valence-electron chi connectivity index (χ3n) is 5.33. The fourth-order valence-corrected chi connectivity index (χ4v) is 4.00. The molecule has 4 rings (SSSR count). The van der Waals surface area contributed by atoms with Crippen molar-refractivity contribution in [3.63, 3.8) is 0 Å². The highest BCUT2D eigenvalue weighted by Crippen LogP contribution is 2.27. The van der Waals surface area contributed by atoms with Gasteiger partial charge >= 0.3 is 0 Å². The molecule has 6 heteroatoms. The lowest BCUT2D eigenvalue weighted by Gasteiger charge is -2.20. The van der Waals surface area contributed by atoms with Gasteiger partial charge in [0.25, 0.3) is 5.91 Å². The van der Waals surface area contributed by atoms with Crippen molar-refractivity contribution in [2.24, 2.45) is 0 Å². The predicted octanol–water partition coefficient (Wildman–Crippen LogP) is 5.42. The van der Waals surface area contributed by atoms with E-state index in [9.17, 15) is 4.79 Å². The molecule has 1 unspecified atom stereocenters. The summed E-state index contributed by atoms with van der Waals surface area (Å²) in [7, 11) is 1.63. The number of aromatic nitrogens is 2. The van der Waals surface area contributed by atoms with Crippen molar-refractivity contribution in [3.05, 3.63) is 118 Å². The molecule has 162 valence electrons. The summed E-state index contributed by atoms with van der Waals surface area (Å²) in [5, 5.41) is 7.98. The number of halogens is 1. The highest BCUT2D eigenvalue weighted by molar-refractivity contribution is 6.33. The number of nitrogens with zero attached hydrogens (tertiary/aromatic N) is 2. The molecule has 4 aromatic rings. The molecule has 0 spiro atoms.